The number of hydrogen-bond acceptors (Lipinski definition) is 8. The fraction of sp³-hybridized carbons (Fsp3) is 0.535. The van der Waals surface area contributed by atoms with Gasteiger partial charge in [0.15, 0.2) is 0 Å². The average molecular weight is 770 g/mol. The van der Waals surface area contributed by atoms with Crippen LogP contribution in [-0.2, 0) is 21.2 Å². The first-order valence-corrected chi connectivity index (χ1v) is 21.6. The molecule has 0 aromatic heterocycles. The first-order chi connectivity index (χ1) is 26.3. The van der Waals surface area contributed by atoms with Gasteiger partial charge < -0.3 is 15.1 Å². The van der Waals surface area contributed by atoms with Crippen molar-refractivity contribution in [2.75, 3.05) is 29.9 Å². The Morgan fingerprint density at radius 1 is 0.927 bits per heavy atom. The lowest BCUT2D eigenvalue weighted by Gasteiger charge is -2.64. The number of piperidine rings is 1. The predicted molar refractivity (Wildman–Crippen MR) is 214 cm³/mol. The first-order valence-electron chi connectivity index (χ1n) is 20.1. The Balaban J connectivity index is 0.979. The maximum atomic E-state index is 14.1. The van der Waals surface area contributed by atoms with E-state index in [-0.39, 0.29) is 39.8 Å². The van der Waals surface area contributed by atoms with Crippen LogP contribution >= 0.6 is 0 Å². The van der Waals surface area contributed by atoms with E-state index in [4.69, 9.17) is 0 Å². The van der Waals surface area contributed by atoms with Crippen LogP contribution in [0.15, 0.2) is 77.7 Å². The highest BCUT2D eigenvalue weighted by Crippen LogP contribution is 2.62. The van der Waals surface area contributed by atoms with Gasteiger partial charge in [-0.25, -0.2) is 13.1 Å². The third-order valence-corrected chi connectivity index (χ3v) is 14.8. The highest BCUT2D eigenvalue weighted by Gasteiger charge is 2.58. The minimum absolute atomic E-state index is 0.147. The number of nitro groups is 1. The molecule has 294 valence electrons. The van der Waals surface area contributed by atoms with Gasteiger partial charge in [0, 0.05) is 49.0 Å². The predicted octanol–water partition coefficient (Wildman–Crippen LogP) is 7.82. The molecular formula is C43H55N5O6S. The number of rotatable bonds is 12. The van der Waals surface area contributed by atoms with Crippen molar-refractivity contribution >= 4 is 38.9 Å². The molecule has 0 unspecified atom stereocenters. The zero-order valence-electron chi connectivity index (χ0n) is 32.3. The van der Waals surface area contributed by atoms with Crippen LogP contribution in [0.1, 0.15) is 94.5 Å². The van der Waals surface area contributed by atoms with Crippen LogP contribution in [0.5, 0.6) is 0 Å². The first kappa shape index (κ1) is 38.8. The van der Waals surface area contributed by atoms with Gasteiger partial charge in [-0.05, 0) is 110 Å². The van der Waals surface area contributed by atoms with E-state index in [0.717, 1.165) is 75.4 Å². The van der Waals surface area contributed by atoms with Crippen LogP contribution < -0.4 is 14.9 Å². The van der Waals surface area contributed by atoms with Crippen molar-refractivity contribution in [3.05, 3.63) is 94.0 Å². The fourth-order valence-electron chi connectivity index (χ4n) is 10.1. The topological polar surface area (TPSA) is 142 Å². The lowest BCUT2D eigenvalue weighted by Crippen LogP contribution is -2.64. The highest BCUT2D eigenvalue weighted by molar-refractivity contribution is 7.90. The van der Waals surface area contributed by atoms with E-state index >= 15 is 0 Å². The molecule has 1 saturated heterocycles. The summed E-state index contributed by atoms with van der Waals surface area (Å²) >= 11 is 0. The normalized spacial score (nSPS) is 24.0. The third-order valence-electron chi connectivity index (χ3n) is 13.5. The summed E-state index contributed by atoms with van der Waals surface area (Å²) in [6.45, 7) is 9.23. The van der Waals surface area contributed by atoms with Crippen LogP contribution in [0.25, 0.3) is 0 Å². The Hall–Kier alpha value is -4.45. The Kier molecular flexibility index (Phi) is 11.3. The van der Waals surface area contributed by atoms with Crippen LogP contribution in [0.3, 0.4) is 0 Å². The van der Waals surface area contributed by atoms with Crippen molar-refractivity contribution in [1.29, 1.82) is 0 Å². The molecule has 4 aliphatic carbocycles. The third kappa shape index (κ3) is 8.25. The van der Waals surface area contributed by atoms with Crippen molar-refractivity contribution in [3.63, 3.8) is 0 Å². The number of hydrogen-bond donors (Lipinski definition) is 2. The lowest BCUT2D eigenvalue weighted by atomic mass is 9.44. The number of nitrogens with zero attached hydrogens (tertiary/aromatic N) is 3. The number of carbonyl (C=O) groups is 2. The molecule has 1 aliphatic heterocycles. The van der Waals surface area contributed by atoms with E-state index in [1.165, 1.54) is 25.0 Å². The van der Waals surface area contributed by atoms with E-state index in [2.05, 4.69) is 40.6 Å². The second kappa shape index (κ2) is 16.0. The molecule has 12 heteroatoms. The molecule has 8 rings (SSSR count). The maximum absolute atomic E-state index is 14.1. The van der Waals surface area contributed by atoms with Gasteiger partial charge in [-0.3, -0.25) is 19.7 Å². The van der Waals surface area contributed by atoms with Gasteiger partial charge in [-0.1, -0.05) is 70.4 Å². The number of fused-ring (bicyclic) bond motifs is 2. The van der Waals surface area contributed by atoms with Gasteiger partial charge in [0.05, 0.1) is 16.2 Å². The zero-order chi connectivity index (χ0) is 38.9. The van der Waals surface area contributed by atoms with Crippen molar-refractivity contribution in [2.24, 2.45) is 29.1 Å². The van der Waals surface area contributed by atoms with Gasteiger partial charge in [-0.15, -0.1) is 0 Å². The summed E-state index contributed by atoms with van der Waals surface area (Å²) in [7, 11) is -4.38. The molecule has 11 nitrogen and oxygen atoms in total. The van der Waals surface area contributed by atoms with E-state index in [0.29, 0.717) is 42.1 Å². The van der Waals surface area contributed by atoms with E-state index in [1.54, 1.807) is 12.1 Å². The van der Waals surface area contributed by atoms with E-state index < -0.39 is 20.9 Å². The summed E-state index contributed by atoms with van der Waals surface area (Å²) in [5.41, 5.74) is 2.36. The van der Waals surface area contributed by atoms with Crippen molar-refractivity contribution < 1.29 is 22.9 Å². The molecular weight excluding hydrogens is 715 g/mol. The molecule has 3 aromatic rings. The summed E-state index contributed by atoms with van der Waals surface area (Å²) in [5, 5.41) is 15.0. The van der Waals surface area contributed by atoms with Crippen LogP contribution in [0.4, 0.5) is 17.1 Å². The SMILES string of the molecule is C[C@H]1[C@@H](N(C(=O)Cc2ccccc2)C2CCN(c3ccc(C(=O)NS(=O)(=O)c4ccc(NCC5CCCCC5)c([N+](=O)[O-])c4)cc3)CC2)C[C@@H]2C[C@@H]1C2(C)C. The summed E-state index contributed by atoms with van der Waals surface area (Å²) < 4.78 is 28.6. The van der Waals surface area contributed by atoms with Crippen molar-refractivity contribution in [2.45, 2.75) is 102 Å². The number of amides is 2. The van der Waals surface area contributed by atoms with Crippen molar-refractivity contribution in [3.8, 4) is 0 Å². The van der Waals surface area contributed by atoms with Gasteiger partial charge >= 0.3 is 0 Å². The van der Waals surface area contributed by atoms with E-state index in [1.807, 2.05) is 42.5 Å². The van der Waals surface area contributed by atoms with E-state index in [9.17, 15) is 28.1 Å². The molecule has 55 heavy (non-hydrogen) atoms. The molecule has 4 atom stereocenters. The number of sulfonamides is 1. The number of nitro benzene ring substituents is 1. The molecule has 0 spiro atoms. The van der Waals surface area contributed by atoms with Gasteiger partial charge in [0.1, 0.15) is 5.69 Å². The van der Waals surface area contributed by atoms with Gasteiger partial charge in [-0.2, -0.15) is 0 Å². The summed E-state index contributed by atoms with van der Waals surface area (Å²) in [6.07, 6.45) is 10.0. The Morgan fingerprint density at radius 3 is 2.25 bits per heavy atom. The molecule has 4 saturated carbocycles. The molecule has 5 aliphatic rings. The quantitative estimate of drug-likeness (QED) is 0.140. The summed E-state index contributed by atoms with van der Waals surface area (Å²) in [4.78, 5) is 42.7. The average Bonchev–Trinajstić information content (AvgIpc) is 3.18. The second-order valence-corrected chi connectivity index (χ2v) is 18.7. The maximum Gasteiger partial charge on any atom is 0.293 e. The van der Waals surface area contributed by atoms with Crippen LogP contribution in [0, 0.1) is 39.2 Å². The molecule has 2 N–H and O–H groups in total. The monoisotopic (exact) mass is 769 g/mol. The number of carbonyl (C=O) groups excluding carboxylic acids is 2. The second-order valence-electron chi connectivity index (χ2n) is 17.0. The van der Waals surface area contributed by atoms with Crippen molar-refractivity contribution in [1.82, 2.24) is 9.62 Å². The molecule has 1 heterocycles. The fourth-order valence-corrected chi connectivity index (χ4v) is 11.1. The largest absolute Gasteiger partial charge is 0.379 e. The Labute approximate surface area is 325 Å². The zero-order valence-corrected chi connectivity index (χ0v) is 33.1. The number of benzene rings is 3. The minimum Gasteiger partial charge on any atom is -0.379 e. The van der Waals surface area contributed by atoms with Gasteiger partial charge in [0.25, 0.3) is 21.6 Å². The molecule has 0 radical (unpaired) electrons. The summed E-state index contributed by atoms with van der Waals surface area (Å²) in [5.74, 6) is 1.54. The number of nitrogens with one attached hydrogen (secondary N) is 2. The Bertz CT molecular complexity index is 1970. The molecule has 2 bridgehead atoms. The highest BCUT2D eigenvalue weighted by atomic mass is 32.2. The smallest absolute Gasteiger partial charge is 0.293 e. The Morgan fingerprint density at radius 2 is 1.62 bits per heavy atom. The minimum atomic E-state index is -4.38. The molecule has 3 aromatic carbocycles. The summed E-state index contributed by atoms with van der Waals surface area (Å²) in [6, 6.07) is 20.9. The van der Waals surface area contributed by atoms with Gasteiger partial charge in [0.2, 0.25) is 5.91 Å². The van der Waals surface area contributed by atoms with Crippen LogP contribution in [-0.4, -0.2) is 61.8 Å². The molecule has 5 fully saturated rings. The number of anilines is 2. The standard InChI is InChI=1S/C43H55N5O6S/c1-29-37-25-33(43(37,2)3)26-39(29)47(41(49)24-30-10-6-4-7-11-30)35-20-22-46(23-21-35)34-16-14-32(15-17-34)42(50)45-55(53,54)36-18-19-38(40(27-36)48(51)52)44-28-31-12-8-5-9-13-31/h4,6-7,10-11,14-19,27,29,31,33,35,37,39,44H,5,8-9,12-13,20-26,28H2,1-3H3,(H,45,50)/t29-,33+,37+,39+/m1/s1. The van der Waals surface area contributed by atoms with Crippen LogP contribution in [0.2, 0.25) is 0 Å². The molecule has 2 amide bonds. The lowest BCUT2D eigenvalue weighted by molar-refractivity contribution is -0.384.